The smallest absolute Gasteiger partial charge is 0.339 e. The summed E-state index contributed by atoms with van der Waals surface area (Å²) in [6.45, 7) is 5.46. The molecular weight excluding hydrogens is 434 g/mol. The fourth-order valence-electron chi connectivity index (χ4n) is 4.12. The van der Waals surface area contributed by atoms with Crippen LogP contribution in [0.2, 0.25) is 0 Å². The molecule has 0 amide bonds. The zero-order valence-corrected chi connectivity index (χ0v) is 19.0. The molecule has 0 aromatic heterocycles. The first-order valence-electron chi connectivity index (χ1n) is 10.9. The molecule has 3 aromatic carbocycles. The fourth-order valence-corrected chi connectivity index (χ4v) is 4.12. The molecule has 1 unspecified atom stereocenters. The van der Waals surface area contributed by atoms with Crippen LogP contribution in [0.4, 0.5) is 5.69 Å². The molecule has 1 aliphatic rings. The van der Waals surface area contributed by atoms with Crippen molar-refractivity contribution >= 4 is 23.5 Å². The standard InChI is InChI=1S/C27H23NO6/c1-4-33-27(30)22-17(3)23(25(29)19-11-13-20(14-12-19)28(31)32)26-21(15-10-16(2)34-26)24(22)18-8-6-5-7-9-18/h5-16H,4H2,1-3H3. The molecule has 0 N–H and O–H groups in total. The van der Waals surface area contributed by atoms with Crippen molar-refractivity contribution in [3.05, 3.63) is 98.6 Å². The van der Waals surface area contributed by atoms with Gasteiger partial charge in [0.15, 0.2) is 5.78 Å². The van der Waals surface area contributed by atoms with Gasteiger partial charge in [-0.3, -0.25) is 14.9 Å². The highest BCUT2D eigenvalue weighted by molar-refractivity contribution is 6.16. The molecule has 0 spiro atoms. The van der Waals surface area contributed by atoms with Crippen LogP contribution < -0.4 is 4.74 Å². The van der Waals surface area contributed by atoms with Gasteiger partial charge in [0, 0.05) is 28.8 Å². The molecular formula is C27H23NO6. The van der Waals surface area contributed by atoms with Gasteiger partial charge in [-0.2, -0.15) is 0 Å². The van der Waals surface area contributed by atoms with Crippen LogP contribution in [0.25, 0.3) is 17.2 Å². The minimum absolute atomic E-state index is 0.116. The van der Waals surface area contributed by atoms with E-state index in [9.17, 15) is 19.7 Å². The third-order valence-electron chi connectivity index (χ3n) is 5.69. The van der Waals surface area contributed by atoms with Crippen LogP contribution in [0.3, 0.4) is 0 Å². The highest BCUT2D eigenvalue weighted by atomic mass is 16.6. The Morgan fingerprint density at radius 2 is 1.74 bits per heavy atom. The third kappa shape index (κ3) is 4.08. The van der Waals surface area contributed by atoms with Gasteiger partial charge in [0.1, 0.15) is 11.9 Å². The molecule has 4 rings (SSSR count). The summed E-state index contributed by atoms with van der Waals surface area (Å²) < 4.78 is 11.5. The molecule has 1 heterocycles. The molecule has 34 heavy (non-hydrogen) atoms. The summed E-state index contributed by atoms with van der Waals surface area (Å²) in [6.07, 6.45) is 3.44. The SMILES string of the molecule is CCOC(=O)c1c(C)c(C(=O)c2ccc([N+](=O)[O-])cc2)c2c(c1-c1ccccc1)C=CC(C)O2. The van der Waals surface area contributed by atoms with Crippen LogP contribution in [0.1, 0.15) is 51.3 Å². The molecule has 0 fully saturated rings. The summed E-state index contributed by atoms with van der Waals surface area (Å²) in [5, 5.41) is 11.0. The van der Waals surface area contributed by atoms with Crippen molar-refractivity contribution in [1.29, 1.82) is 0 Å². The Hall–Kier alpha value is -4.26. The lowest BCUT2D eigenvalue weighted by Gasteiger charge is -2.27. The number of carbonyl (C=O) groups excluding carboxylic acids is 2. The van der Waals surface area contributed by atoms with Gasteiger partial charge in [0.2, 0.25) is 0 Å². The number of ketones is 1. The number of hydrogen-bond donors (Lipinski definition) is 0. The van der Waals surface area contributed by atoms with Crippen LogP contribution in [0.5, 0.6) is 5.75 Å². The Labute approximate surface area is 196 Å². The first kappa shape index (κ1) is 22.9. The average molecular weight is 457 g/mol. The Bertz CT molecular complexity index is 1310. The molecule has 0 aliphatic carbocycles. The number of nitro benzene ring substituents is 1. The monoisotopic (exact) mass is 457 g/mol. The number of esters is 1. The van der Waals surface area contributed by atoms with Gasteiger partial charge in [-0.1, -0.05) is 36.4 Å². The highest BCUT2D eigenvalue weighted by Crippen LogP contribution is 2.44. The molecule has 7 nitrogen and oxygen atoms in total. The van der Waals surface area contributed by atoms with Gasteiger partial charge < -0.3 is 9.47 Å². The summed E-state index contributed by atoms with van der Waals surface area (Å²) in [5.41, 5.74) is 3.14. The molecule has 0 bridgehead atoms. The first-order chi connectivity index (χ1) is 16.3. The van der Waals surface area contributed by atoms with Gasteiger partial charge in [-0.25, -0.2) is 4.79 Å². The van der Waals surface area contributed by atoms with Crippen LogP contribution in [-0.4, -0.2) is 29.4 Å². The Morgan fingerprint density at radius 3 is 2.35 bits per heavy atom. The van der Waals surface area contributed by atoms with Crippen molar-refractivity contribution in [3.63, 3.8) is 0 Å². The molecule has 0 radical (unpaired) electrons. The number of rotatable bonds is 6. The van der Waals surface area contributed by atoms with Gasteiger partial charge in [-0.15, -0.1) is 0 Å². The van der Waals surface area contributed by atoms with Crippen molar-refractivity contribution in [2.24, 2.45) is 0 Å². The van der Waals surface area contributed by atoms with Crippen molar-refractivity contribution in [3.8, 4) is 16.9 Å². The number of nitrogens with zero attached hydrogens (tertiary/aromatic N) is 1. The van der Waals surface area contributed by atoms with E-state index >= 15 is 0 Å². The minimum Gasteiger partial charge on any atom is -0.485 e. The lowest BCUT2D eigenvalue weighted by Crippen LogP contribution is -2.21. The van der Waals surface area contributed by atoms with E-state index in [0.717, 1.165) is 5.56 Å². The molecule has 0 saturated carbocycles. The van der Waals surface area contributed by atoms with E-state index in [2.05, 4.69) is 0 Å². The molecule has 3 aromatic rings. The molecule has 1 aliphatic heterocycles. The average Bonchev–Trinajstić information content (AvgIpc) is 2.83. The topological polar surface area (TPSA) is 95.7 Å². The van der Waals surface area contributed by atoms with E-state index < -0.39 is 16.7 Å². The summed E-state index contributed by atoms with van der Waals surface area (Å²) in [7, 11) is 0. The van der Waals surface area contributed by atoms with Crippen LogP contribution in [0.15, 0.2) is 60.7 Å². The van der Waals surface area contributed by atoms with E-state index in [1.807, 2.05) is 49.4 Å². The predicted octanol–water partition coefficient (Wildman–Crippen LogP) is 5.77. The van der Waals surface area contributed by atoms with E-state index in [1.165, 1.54) is 24.3 Å². The van der Waals surface area contributed by atoms with Crippen LogP contribution in [-0.2, 0) is 4.74 Å². The van der Waals surface area contributed by atoms with Gasteiger partial charge >= 0.3 is 5.97 Å². The second kappa shape index (κ2) is 9.31. The third-order valence-corrected chi connectivity index (χ3v) is 5.69. The van der Waals surface area contributed by atoms with Gasteiger partial charge in [0.05, 0.1) is 22.7 Å². The second-order valence-corrected chi connectivity index (χ2v) is 7.89. The van der Waals surface area contributed by atoms with E-state index in [0.29, 0.717) is 28.0 Å². The summed E-state index contributed by atoms with van der Waals surface area (Å²) in [6, 6.07) is 14.8. The predicted molar refractivity (Wildman–Crippen MR) is 128 cm³/mol. The fraction of sp³-hybridized carbons (Fsp3) is 0.185. The van der Waals surface area contributed by atoms with Crippen molar-refractivity contribution < 1.29 is 24.0 Å². The number of non-ortho nitro benzene ring substituents is 1. The number of ether oxygens (including phenoxy) is 2. The van der Waals surface area contributed by atoms with E-state index in [-0.39, 0.29) is 29.5 Å². The number of benzene rings is 3. The number of nitro groups is 1. The van der Waals surface area contributed by atoms with Crippen molar-refractivity contribution in [1.82, 2.24) is 0 Å². The van der Waals surface area contributed by atoms with Crippen LogP contribution in [0, 0.1) is 17.0 Å². The highest BCUT2D eigenvalue weighted by Gasteiger charge is 2.32. The lowest BCUT2D eigenvalue weighted by atomic mass is 9.84. The minimum atomic E-state index is -0.536. The second-order valence-electron chi connectivity index (χ2n) is 7.89. The van der Waals surface area contributed by atoms with Crippen molar-refractivity contribution in [2.45, 2.75) is 26.9 Å². The Balaban J connectivity index is 2.02. The molecule has 7 heteroatoms. The maximum atomic E-state index is 13.7. The van der Waals surface area contributed by atoms with Crippen LogP contribution >= 0.6 is 0 Å². The molecule has 0 saturated heterocycles. The normalized spacial score (nSPS) is 14.1. The Kier molecular flexibility index (Phi) is 6.27. The summed E-state index contributed by atoms with van der Waals surface area (Å²) in [4.78, 5) is 37.4. The van der Waals surface area contributed by atoms with Gasteiger partial charge in [0.25, 0.3) is 5.69 Å². The number of carbonyl (C=O) groups is 2. The van der Waals surface area contributed by atoms with E-state index in [4.69, 9.17) is 9.47 Å². The number of fused-ring (bicyclic) bond motifs is 1. The van der Waals surface area contributed by atoms with Crippen molar-refractivity contribution in [2.75, 3.05) is 6.61 Å². The molecule has 1 atom stereocenters. The van der Waals surface area contributed by atoms with E-state index in [1.54, 1.807) is 13.8 Å². The maximum Gasteiger partial charge on any atom is 0.339 e. The summed E-state index contributed by atoms with van der Waals surface area (Å²) in [5.74, 6) is -0.550. The number of hydrogen-bond acceptors (Lipinski definition) is 6. The zero-order chi connectivity index (χ0) is 24.4. The first-order valence-corrected chi connectivity index (χ1v) is 10.9. The quantitative estimate of drug-likeness (QED) is 0.202. The zero-order valence-electron chi connectivity index (χ0n) is 19.0. The maximum absolute atomic E-state index is 13.7. The summed E-state index contributed by atoms with van der Waals surface area (Å²) >= 11 is 0. The largest absolute Gasteiger partial charge is 0.485 e. The Morgan fingerprint density at radius 1 is 1.06 bits per heavy atom. The van der Waals surface area contributed by atoms with Gasteiger partial charge in [-0.05, 0) is 50.1 Å². The lowest BCUT2D eigenvalue weighted by molar-refractivity contribution is -0.384. The molecule has 172 valence electrons.